The maximum absolute atomic E-state index is 12.9. The molecule has 0 unspecified atom stereocenters. The molecular weight excluding hydrogens is 231 g/mol. The third kappa shape index (κ3) is 1.88. The molecule has 0 saturated heterocycles. The Bertz CT molecular complexity index is 647. The Labute approximate surface area is 103 Å². The van der Waals surface area contributed by atoms with Crippen molar-refractivity contribution in [2.75, 3.05) is 0 Å². The summed E-state index contributed by atoms with van der Waals surface area (Å²) in [5.74, 6) is 0.311. The number of rotatable bonds is 2. The molecule has 3 aromatic rings. The van der Waals surface area contributed by atoms with Crippen molar-refractivity contribution >= 4 is 0 Å². The lowest BCUT2D eigenvalue weighted by Crippen LogP contribution is -1.83. The zero-order chi connectivity index (χ0) is 12.4. The largest absolute Gasteiger partial charge is 0.356 e. The van der Waals surface area contributed by atoms with Crippen molar-refractivity contribution in [2.24, 2.45) is 0 Å². The number of hydrogen-bond acceptors (Lipinski definition) is 3. The monoisotopic (exact) mass is 240 g/mol. The normalized spacial score (nSPS) is 10.5. The van der Waals surface area contributed by atoms with E-state index in [9.17, 15) is 4.39 Å². The minimum Gasteiger partial charge on any atom is -0.356 e. The molecule has 0 aliphatic carbocycles. The molecule has 0 saturated carbocycles. The summed E-state index contributed by atoms with van der Waals surface area (Å²) in [6.07, 6.45) is 3.32. The van der Waals surface area contributed by atoms with Gasteiger partial charge in [-0.2, -0.15) is 0 Å². The van der Waals surface area contributed by atoms with Crippen molar-refractivity contribution in [2.45, 2.75) is 0 Å². The molecule has 4 heteroatoms. The number of pyridine rings is 1. The Balaban J connectivity index is 2.10. The van der Waals surface area contributed by atoms with Crippen LogP contribution in [0.15, 0.2) is 59.4 Å². The van der Waals surface area contributed by atoms with E-state index in [0.29, 0.717) is 5.76 Å². The Morgan fingerprint density at radius 2 is 1.83 bits per heavy atom. The molecule has 0 fully saturated rings. The van der Waals surface area contributed by atoms with Crippen molar-refractivity contribution < 1.29 is 8.91 Å². The number of hydrogen-bond donors (Lipinski definition) is 0. The van der Waals surface area contributed by atoms with Crippen LogP contribution in [0.4, 0.5) is 4.39 Å². The molecule has 1 aromatic carbocycles. The molecule has 0 amide bonds. The van der Waals surface area contributed by atoms with Gasteiger partial charge in [0.2, 0.25) is 0 Å². The first-order valence-corrected chi connectivity index (χ1v) is 5.46. The maximum atomic E-state index is 12.9. The van der Waals surface area contributed by atoms with E-state index in [1.807, 2.05) is 18.2 Å². The van der Waals surface area contributed by atoms with Gasteiger partial charge in [0.25, 0.3) is 0 Å². The molecule has 0 aliphatic rings. The molecule has 18 heavy (non-hydrogen) atoms. The summed E-state index contributed by atoms with van der Waals surface area (Å²) in [5.41, 5.74) is 2.34. The second-order valence-electron chi connectivity index (χ2n) is 3.79. The zero-order valence-electron chi connectivity index (χ0n) is 9.38. The van der Waals surface area contributed by atoms with Crippen LogP contribution < -0.4 is 0 Å². The van der Waals surface area contributed by atoms with Crippen LogP contribution in [-0.4, -0.2) is 10.1 Å². The number of benzene rings is 1. The van der Waals surface area contributed by atoms with Gasteiger partial charge < -0.3 is 4.52 Å². The average molecular weight is 240 g/mol. The molecule has 0 N–H and O–H groups in total. The lowest BCUT2D eigenvalue weighted by Gasteiger charge is -2.00. The highest BCUT2D eigenvalue weighted by Gasteiger charge is 2.13. The number of halogens is 1. The standard InChI is InChI=1S/C14H9FN2O/c15-11-6-4-10(5-7-11)14-12(9-17-18-14)13-3-1-2-8-16-13/h1-9H. The van der Waals surface area contributed by atoms with Crippen molar-refractivity contribution in [3.63, 3.8) is 0 Å². The van der Waals surface area contributed by atoms with Crippen LogP contribution in [0, 0.1) is 5.82 Å². The van der Waals surface area contributed by atoms with E-state index < -0.39 is 0 Å². The third-order valence-electron chi connectivity index (χ3n) is 2.62. The van der Waals surface area contributed by atoms with Crippen LogP contribution >= 0.6 is 0 Å². The van der Waals surface area contributed by atoms with E-state index in [0.717, 1.165) is 16.8 Å². The second kappa shape index (κ2) is 4.41. The highest BCUT2D eigenvalue weighted by Crippen LogP contribution is 2.30. The van der Waals surface area contributed by atoms with Gasteiger partial charge in [-0.15, -0.1) is 0 Å². The van der Waals surface area contributed by atoms with E-state index in [2.05, 4.69) is 10.1 Å². The van der Waals surface area contributed by atoms with Crippen molar-refractivity contribution in [1.29, 1.82) is 0 Å². The topological polar surface area (TPSA) is 38.9 Å². The SMILES string of the molecule is Fc1ccc(-c2oncc2-c2ccccn2)cc1. The smallest absolute Gasteiger partial charge is 0.176 e. The molecule has 0 bridgehead atoms. The molecule has 3 nitrogen and oxygen atoms in total. The molecule has 2 aromatic heterocycles. The summed E-state index contributed by atoms with van der Waals surface area (Å²) in [7, 11) is 0. The Morgan fingerprint density at radius 3 is 2.56 bits per heavy atom. The van der Waals surface area contributed by atoms with Crippen molar-refractivity contribution in [3.05, 3.63) is 60.7 Å². The summed E-state index contributed by atoms with van der Waals surface area (Å²) >= 11 is 0. The second-order valence-corrected chi connectivity index (χ2v) is 3.79. The summed E-state index contributed by atoms with van der Waals surface area (Å²) in [5, 5.41) is 3.79. The molecule has 0 radical (unpaired) electrons. The first-order chi connectivity index (χ1) is 8.84. The third-order valence-corrected chi connectivity index (χ3v) is 2.62. The predicted octanol–water partition coefficient (Wildman–Crippen LogP) is 3.54. The van der Waals surface area contributed by atoms with Gasteiger partial charge in [-0.25, -0.2) is 4.39 Å². The van der Waals surface area contributed by atoms with Crippen molar-refractivity contribution in [1.82, 2.24) is 10.1 Å². The summed E-state index contributed by atoms with van der Waals surface area (Å²) in [4.78, 5) is 4.25. The average Bonchev–Trinajstić information content (AvgIpc) is 2.90. The number of aromatic nitrogens is 2. The van der Waals surface area contributed by atoms with E-state index >= 15 is 0 Å². The van der Waals surface area contributed by atoms with E-state index in [-0.39, 0.29) is 5.82 Å². The highest BCUT2D eigenvalue weighted by atomic mass is 19.1. The number of nitrogens with zero attached hydrogens (tertiary/aromatic N) is 2. The van der Waals surface area contributed by atoms with Gasteiger partial charge in [0, 0.05) is 11.8 Å². The maximum Gasteiger partial charge on any atom is 0.176 e. The van der Waals surface area contributed by atoms with Gasteiger partial charge in [-0.3, -0.25) is 4.98 Å². The molecule has 3 rings (SSSR count). The first-order valence-electron chi connectivity index (χ1n) is 5.46. The lowest BCUT2D eigenvalue weighted by atomic mass is 10.1. The van der Waals surface area contributed by atoms with E-state index in [1.165, 1.54) is 12.1 Å². The zero-order valence-corrected chi connectivity index (χ0v) is 9.38. The summed E-state index contributed by atoms with van der Waals surface area (Å²) in [6.45, 7) is 0. The fraction of sp³-hybridized carbons (Fsp3) is 0. The van der Waals surface area contributed by atoms with Gasteiger partial charge in [-0.1, -0.05) is 11.2 Å². The lowest BCUT2D eigenvalue weighted by molar-refractivity contribution is 0.432. The van der Waals surface area contributed by atoms with Gasteiger partial charge >= 0.3 is 0 Å². The summed E-state index contributed by atoms with van der Waals surface area (Å²) < 4.78 is 18.1. The fourth-order valence-electron chi connectivity index (χ4n) is 1.75. The van der Waals surface area contributed by atoms with E-state index in [1.54, 1.807) is 24.5 Å². The molecule has 2 heterocycles. The quantitative estimate of drug-likeness (QED) is 0.687. The minimum atomic E-state index is -0.280. The molecular formula is C14H9FN2O. The van der Waals surface area contributed by atoms with Gasteiger partial charge in [0.05, 0.1) is 17.5 Å². The fourth-order valence-corrected chi connectivity index (χ4v) is 1.75. The Hall–Kier alpha value is -2.49. The van der Waals surface area contributed by atoms with Gasteiger partial charge in [-0.05, 0) is 36.4 Å². The summed E-state index contributed by atoms with van der Waals surface area (Å²) in [6, 6.07) is 11.7. The van der Waals surface area contributed by atoms with Gasteiger partial charge in [0.15, 0.2) is 5.76 Å². The van der Waals surface area contributed by atoms with Crippen molar-refractivity contribution in [3.8, 4) is 22.6 Å². The highest BCUT2D eigenvalue weighted by molar-refractivity contribution is 5.76. The van der Waals surface area contributed by atoms with Crippen LogP contribution in [0.2, 0.25) is 0 Å². The Kier molecular flexibility index (Phi) is 2.61. The van der Waals surface area contributed by atoms with Crippen LogP contribution in [0.5, 0.6) is 0 Å². The van der Waals surface area contributed by atoms with E-state index in [4.69, 9.17) is 4.52 Å². The van der Waals surface area contributed by atoms with Crippen LogP contribution in [-0.2, 0) is 0 Å². The van der Waals surface area contributed by atoms with Crippen LogP contribution in [0.25, 0.3) is 22.6 Å². The first kappa shape index (κ1) is 10.7. The molecule has 0 atom stereocenters. The van der Waals surface area contributed by atoms with Crippen LogP contribution in [0.3, 0.4) is 0 Å². The molecule has 0 aliphatic heterocycles. The predicted molar refractivity (Wildman–Crippen MR) is 65.1 cm³/mol. The van der Waals surface area contributed by atoms with Crippen LogP contribution in [0.1, 0.15) is 0 Å². The van der Waals surface area contributed by atoms with Gasteiger partial charge in [0.1, 0.15) is 5.82 Å². The minimum absolute atomic E-state index is 0.280. The molecule has 0 spiro atoms. The molecule has 88 valence electrons. The Morgan fingerprint density at radius 1 is 1.00 bits per heavy atom.